The average Bonchev–Trinajstić information content (AvgIpc) is 2.46. The minimum atomic E-state index is -1.54. The number of thiophene rings is 1. The third-order valence-electron chi connectivity index (χ3n) is 2.15. The first kappa shape index (κ1) is 9.52. The van der Waals surface area contributed by atoms with Crippen molar-refractivity contribution in [2.24, 2.45) is 0 Å². The summed E-state index contributed by atoms with van der Waals surface area (Å²) in [6.07, 6.45) is 0. The second kappa shape index (κ2) is 3.27. The minimum Gasteiger partial charge on any atom is -0.508 e. The summed E-state index contributed by atoms with van der Waals surface area (Å²) in [4.78, 5) is 0. The van der Waals surface area contributed by atoms with E-state index in [1.165, 1.54) is 17.4 Å². The van der Waals surface area contributed by atoms with Gasteiger partial charge in [0.25, 0.3) is 0 Å². The molecule has 2 aromatic rings. The Morgan fingerprint density at radius 1 is 1.29 bits per heavy atom. The van der Waals surface area contributed by atoms with Crippen molar-refractivity contribution in [3.63, 3.8) is 0 Å². The predicted molar refractivity (Wildman–Crippen MR) is 58.1 cm³/mol. The molecule has 0 aliphatic rings. The molecule has 0 aliphatic carbocycles. The molecule has 72 valence electrons. The second-order valence-corrected chi connectivity index (χ2v) is 4.11. The van der Waals surface area contributed by atoms with Gasteiger partial charge in [0.05, 0.1) is 0 Å². The number of hydrogen-bond donors (Lipinski definition) is 3. The fourth-order valence-corrected chi connectivity index (χ4v) is 2.56. The maximum Gasteiger partial charge on any atom is 0.489 e. The number of aromatic hydroxyl groups is 1. The molecule has 0 aliphatic heterocycles. The molecule has 5 heteroatoms. The number of rotatable bonds is 1. The van der Waals surface area contributed by atoms with Gasteiger partial charge in [0.2, 0.25) is 0 Å². The molecule has 0 fully saturated rings. The van der Waals surface area contributed by atoms with Crippen molar-refractivity contribution in [1.29, 1.82) is 0 Å². The molecule has 0 saturated carbocycles. The van der Waals surface area contributed by atoms with Crippen molar-refractivity contribution in [2.45, 2.75) is 6.92 Å². The van der Waals surface area contributed by atoms with Crippen molar-refractivity contribution in [3.8, 4) is 5.75 Å². The highest BCUT2D eigenvalue weighted by atomic mass is 32.1. The fraction of sp³-hybridized carbons (Fsp3) is 0.111. The zero-order chi connectivity index (χ0) is 10.3. The third-order valence-corrected chi connectivity index (χ3v) is 3.20. The molecule has 0 radical (unpaired) electrons. The monoisotopic (exact) mass is 208 g/mol. The summed E-state index contributed by atoms with van der Waals surface area (Å²) in [5, 5.41) is 30.4. The third kappa shape index (κ3) is 1.39. The lowest BCUT2D eigenvalue weighted by atomic mass is 9.77. The zero-order valence-corrected chi connectivity index (χ0v) is 8.38. The maximum atomic E-state index is 9.35. The Kier molecular flexibility index (Phi) is 2.22. The first-order valence-electron chi connectivity index (χ1n) is 4.16. The molecule has 0 amide bonds. The number of phenolic OH excluding ortho intramolecular Hbond substituents is 1. The lowest BCUT2D eigenvalue weighted by molar-refractivity contribution is 0.425. The van der Waals surface area contributed by atoms with Crippen molar-refractivity contribution in [2.75, 3.05) is 0 Å². The molecule has 0 saturated heterocycles. The van der Waals surface area contributed by atoms with Crippen LogP contribution in [-0.2, 0) is 0 Å². The van der Waals surface area contributed by atoms with E-state index in [4.69, 9.17) is 10.0 Å². The van der Waals surface area contributed by atoms with E-state index in [9.17, 15) is 5.11 Å². The van der Waals surface area contributed by atoms with E-state index in [0.29, 0.717) is 5.46 Å². The van der Waals surface area contributed by atoms with Gasteiger partial charge in [-0.25, -0.2) is 0 Å². The van der Waals surface area contributed by atoms with Crippen LogP contribution in [0.4, 0.5) is 0 Å². The van der Waals surface area contributed by atoms with Crippen molar-refractivity contribution in [1.82, 2.24) is 0 Å². The first-order chi connectivity index (χ1) is 6.59. The van der Waals surface area contributed by atoms with Crippen LogP contribution < -0.4 is 5.46 Å². The zero-order valence-electron chi connectivity index (χ0n) is 7.56. The van der Waals surface area contributed by atoms with Crippen LogP contribution >= 0.6 is 11.3 Å². The van der Waals surface area contributed by atoms with Crippen molar-refractivity contribution < 1.29 is 15.2 Å². The van der Waals surface area contributed by atoms with Crippen LogP contribution in [0.25, 0.3) is 10.1 Å². The van der Waals surface area contributed by atoms with E-state index in [-0.39, 0.29) is 5.75 Å². The minimum absolute atomic E-state index is 0.0578. The van der Waals surface area contributed by atoms with Gasteiger partial charge in [-0.1, -0.05) is 0 Å². The summed E-state index contributed by atoms with van der Waals surface area (Å²) in [6.45, 7) is 1.90. The van der Waals surface area contributed by atoms with Crippen molar-refractivity contribution >= 4 is 34.0 Å². The molecule has 0 spiro atoms. The van der Waals surface area contributed by atoms with Gasteiger partial charge in [-0.15, -0.1) is 11.3 Å². The highest BCUT2D eigenvalue weighted by Crippen LogP contribution is 2.27. The predicted octanol–water partition coefficient (Wildman–Crippen LogP) is 0.595. The van der Waals surface area contributed by atoms with Crippen LogP contribution in [0, 0.1) is 6.92 Å². The van der Waals surface area contributed by atoms with Gasteiger partial charge in [-0.05, 0) is 40.8 Å². The Hall–Kier alpha value is -1.04. The molecule has 0 atom stereocenters. The number of aryl methyl sites for hydroxylation is 1. The number of fused-ring (bicyclic) bond motifs is 1. The Bertz CT molecular complexity index is 478. The van der Waals surface area contributed by atoms with E-state index in [1.807, 2.05) is 12.3 Å². The molecule has 1 aromatic carbocycles. The summed E-state index contributed by atoms with van der Waals surface area (Å²) in [6, 6.07) is 3.01. The number of benzene rings is 1. The molecule has 3 N–H and O–H groups in total. The standard InChI is InChI=1S/C9H9BO3S/c1-5-4-14-8-3-6(11)2-7(9(5)8)10(12)13/h2-4,11-13H,1H3. The largest absolute Gasteiger partial charge is 0.508 e. The van der Waals surface area contributed by atoms with Gasteiger partial charge in [0.1, 0.15) is 5.75 Å². The van der Waals surface area contributed by atoms with Crippen LogP contribution in [-0.4, -0.2) is 22.3 Å². The van der Waals surface area contributed by atoms with E-state index in [1.54, 1.807) is 6.07 Å². The van der Waals surface area contributed by atoms with Crippen LogP contribution in [0.15, 0.2) is 17.5 Å². The van der Waals surface area contributed by atoms with Gasteiger partial charge >= 0.3 is 7.12 Å². The van der Waals surface area contributed by atoms with E-state index >= 15 is 0 Å². The smallest absolute Gasteiger partial charge is 0.489 e. The number of phenols is 1. The maximum absolute atomic E-state index is 9.35. The highest BCUT2D eigenvalue weighted by Gasteiger charge is 2.18. The second-order valence-electron chi connectivity index (χ2n) is 3.20. The van der Waals surface area contributed by atoms with Crippen LogP contribution in [0.1, 0.15) is 5.56 Å². The van der Waals surface area contributed by atoms with Crippen LogP contribution in [0.5, 0.6) is 5.75 Å². The summed E-state index contributed by atoms with van der Waals surface area (Å²) >= 11 is 1.48. The first-order valence-corrected chi connectivity index (χ1v) is 5.04. The van der Waals surface area contributed by atoms with Crippen LogP contribution in [0.3, 0.4) is 0 Å². The SMILES string of the molecule is Cc1csc2cc(O)cc(B(O)O)c12. The lowest BCUT2D eigenvalue weighted by Crippen LogP contribution is -2.30. The number of hydrogen-bond acceptors (Lipinski definition) is 4. The molecule has 2 rings (SSSR count). The summed E-state index contributed by atoms with van der Waals surface area (Å²) in [7, 11) is -1.54. The van der Waals surface area contributed by atoms with Gasteiger partial charge in [0, 0.05) is 4.70 Å². The molecule has 14 heavy (non-hydrogen) atoms. The summed E-state index contributed by atoms with van der Waals surface area (Å²) < 4.78 is 0.866. The van der Waals surface area contributed by atoms with E-state index in [2.05, 4.69) is 0 Å². The molecular weight excluding hydrogens is 199 g/mol. The highest BCUT2D eigenvalue weighted by molar-refractivity contribution is 7.17. The fourth-order valence-electron chi connectivity index (χ4n) is 1.55. The van der Waals surface area contributed by atoms with Gasteiger partial charge in [0.15, 0.2) is 0 Å². The Morgan fingerprint density at radius 2 is 2.00 bits per heavy atom. The quantitative estimate of drug-likeness (QED) is 0.601. The van der Waals surface area contributed by atoms with Gasteiger partial charge in [-0.2, -0.15) is 0 Å². The topological polar surface area (TPSA) is 60.7 Å². The molecule has 0 unspecified atom stereocenters. The molecule has 3 nitrogen and oxygen atoms in total. The molecule has 1 heterocycles. The van der Waals surface area contributed by atoms with E-state index in [0.717, 1.165) is 15.6 Å². The molecule has 1 aromatic heterocycles. The lowest BCUT2D eigenvalue weighted by Gasteiger charge is -2.04. The summed E-state index contributed by atoms with van der Waals surface area (Å²) in [5.74, 6) is 0.0578. The van der Waals surface area contributed by atoms with Crippen molar-refractivity contribution in [3.05, 3.63) is 23.1 Å². The van der Waals surface area contributed by atoms with E-state index < -0.39 is 7.12 Å². The van der Waals surface area contributed by atoms with Gasteiger partial charge in [-0.3, -0.25) is 0 Å². The van der Waals surface area contributed by atoms with Crippen LogP contribution in [0.2, 0.25) is 0 Å². The Labute approximate surface area is 85.4 Å². The normalized spacial score (nSPS) is 10.8. The molecule has 0 bridgehead atoms. The average molecular weight is 208 g/mol. The summed E-state index contributed by atoms with van der Waals surface area (Å²) in [5.41, 5.74) is 1.35. The molecular formula is C9H9BO3S. The van der Waals surface area contributed by atoms with Gasteiger partial charge < -0.3 is 15.2 Å². The Morgan fingerprint density at radius 3 is 2.64 bits per heavy atom. The Balaban J connectivity index is 2.83.